The molecule has 1 aliphatic heterocycles. The number of nitrogens with one attached hydrogen (secondary N) is 1. The third-order valence-corrected chi connectivity index (χ3v) is 11.1. The number of nitrogens with zero attached hydrogens (tertiary/aromatic N) is 2. The maximum Gasteiger partial charge on any atom is 0.391 e. The van der Waals surface area contributed by atoms with Crippen LogP contribution in [0.1, 0.15) is 84.0 Å². The number of rotatable bonds is 6. The predicted octanol–water partition coefficient (Wildman–Crippen LogP) is 4.70. The van der Waals surface area contributed by atoms with Gasteiger partial charge in [-0.05, 0) is 63.2 Å². The molecule has 5 nitrogen and oxygen atoms in total. The van der Waals surface area contributed by atoms with E-state index in [4.69, 9.17) is 0 Å². The molecule has 0 bridgehead atoms. The Labute approximate surface area is 191 Å². The quantitative estimate of drug-likeness (QED) is 0.600. The first-order valence-corrected chi connectivity index (χ1v) is 14.3. The van der Waals surface area contributed by atoms with Crippen molar-refractivity contribution in [2.75, 3.05) is 19.6 Å². The lowest BCUT2D eigenvalue weighted by molar-refractivity contribution is -0.181. The maximum absolute atomic E-state index is 13.5. The van der Waals surface area contributed by atoms with Crippen molar-refractivity contribution in [2.24, 2.45) is 17.8 Å². The van der Waals surface area contributed by atoms with Gasteiger partial charge in [-0.1, -0.05) is 32.6 Å². The molecular weight excluding hydrogens is 439 g/mol. The fraction of sp³-hybridized carbons (Fsp3) is 1.00. The summed E-state index contributed by atoms with van der Waals surface area (Å²) in [6.45, 7) is 4.19. The lowest BCUT2D eigenvalue weighted by atomic mass is 9.83. The van der Waals surface area contributed by atoms with E-state index in [2.05, 4.69) is 10.4 Å². The molecule has 0 radical (unpaired) electrons. The molecule has 32 heavy (non-hydrogen) atoms. The maximum atomic E-state index is 13.5. The molecule has 6 atom stereocenters. The van der Waals surface area contributed by atoms with Crippen LogP contribution in [0.15, 0.2) is 0 Å². The van der Waals surface area contributed by atoms with Gasteiger partial charge in [0, 0.05) is 31.7 Å². The van der Waals surface area contributed by atoms with Crippen molar-refractivity contribution in [3.8, 4) is 0 Å². The highest BCUT2D eigenvalue weighted by molar-refractivity contribution is 7.89. The Bertz CT molecular complexity index is 732. The number of hydrogen-bond donors (Lipinski definition) is 1. The van der Waals surface area contributed by atoms with E-state index in [0.717, 1.165) is 44.7 Å². The van der Waals surface area contributed by atoms with Gasteiger partial charge in [-0.25, -0.2) is 13.4 Å². The van der Waals surface area contributed by atoms with Gasteiger partial charge in [0.2, 0.25) is 10.0 Å². The zero-order valence-electron chi connectivity index (χ0n) is 19.3. The topological polar surface area (TPSA) is 52.6 Å². The van der Waals surface area contributed by atoms with E-state index in [0.29, 0.717) is 31.3 Å². The van der Waals surface area contributed by atoms with E-state index < -0.39 is 27.4 Å². The molecule has 0 aromatic rings. The molecule has 4 fully saturated rings. The van der Waals surface area contributed by atoms with Crippen molar-refractivity contribution < 1.29 is 21.6 Å². The first kappa shape index (κ1) is 24.7. The van der Waals surface area contributed by atoms with Crippen molar-refractivity contribution in [1.29, 1.82) is 0 Å². The third kappa shape index (κ3) is 5.31. The van der Waals surface area contributed by atoms with E-state index in [1.54, 1.807) is 4.31 Å². The first-order chi connectivity index (χ1) is 15.2. The van der Waals surface area contributed by atoms with Crippen molar-refractivity contribution >= 4 is 10.0 Å². The van der Waals surface area contributed by atoms with Crippen molar-refractivity contribution in [1.82, 2.24) is 14.7 Å². The van der Waals surface area contributed by atoms with Gasteiger partial charge in [0.1, 0.15) is 0 Å². The molecular formula is C23H40F3N3O2S. The molecule has 4 rings (SSSR count). The summed E-state index contributed by atoms with van der Waals surface area (Å²) in [6.07, 6.45) is 5.02. The van der Waals surface area contributed by atoms with Crippen LogP contribution in [-0.4, -0.2) is 60.9 Å². The Morgan fingerprint density at radius 1 is 0.969 bits per heavy atom. The van der Waals surface area contributed by atoms with Crippen LogP contribution in [0.25, 0.3) is 0 Å². The fourth-order valence-electron chi connectivity index (χ4n) is 6.91. The SMILES string of the molecule is CCN(C1CCCC(CN2NCC3CCCCC32)C1)S(=O)(=O)C1CCCC(C(F)(F)F)C1. The van der Waals surface area contributed by atoms with Gasteiger partial charge in [-0.3, -0.25) is 5.43 Å². The van der Waals surface area contributed by atoms with Crippen LogP contribution in [-0.2, 0) is 10.0 Å². The molecule has 0 aromatic carbocycles. The monoisotopic (exact) mass is 479 g/mol. The molecule has 6 unspecified atom stereocenters. The standard InChI is InChI=1S/C23H40F3N3O2S/c1-2-29(32(30,31)21-11-6-9-19(14-21)23(24,25)26)20-10-5-7-17(13-20)16-28-22-12-4-3-8-18(22)15-27-28/h17-22,27H,2-16H2,1H3. The number of fused-ring (bicyclic) bond motifs is 1. The van der Waals surface area contributed by atoms with Crippen LogP contribution < -0.4 is 5.43 Å². The first-order valence-electron chi connectivity index (χ1n) is 12.8. The minimum atomic E-state index is -4.30. The minimum absolute atomic E-state index is 0.0537. The largest absolute Gasteiger partial charge is 0.391 e. The van der Waals surface area contributed by atoms with Gasteiger partial charge in [0.25, 0.3) is 0 Å². The molecule has 3 saturated carbocycles. The van der Waals surface area contributed by atoms with Crippen LogP contribution in [0.5, 0.6) is 0 Å². The lowest BCUT2D eigenvalue weighted by Crippen LogP contribution is -2.50. The molecule has 1 heterocycles. The van der Waals surface area contributed by atoms with Gasteiger partial charge in [0.15, 0.2) is 0 Å². The Kier molecular flexibility index (Phi) is 7.79. The molecule has 0 aromatic heterocycles. The van der Waals surface area contributed by atoms with Crippen LogP contribution in [0.2, 0.25) is 0 Å². The van der Waals surface area contributed by atoms with Gasteiger partial charge in [-0.15, -0.1) is 0 Å². The van der Waals surface area contributed by atoms with Crippen LogP contribution in [0, 0.1) is 17.8 Å². The Hall–Kier alpha value is -0.380. The number of hydrazine groups is 1. The highest BCUT2D eigenvalue weighted by Crippen LogP contribution is 2.41. The lowest BCUT2D eigenvalue weighted by Gasteiger charge is -2.41. The summed E-state index contributed by atoms with van der Waals surface area (Å²) in [5.41, 5.74) is 3.60. The Morgan fingerprint density at radius 2 is 1.72 bits per heavy atom. The van der Waals surface area contributed by atoms with E-state index in [-0.39, 0.29) is 18.9 Å². The molecule has 1 saturated heterocycles. The highest BCUT2D eigenvalue weighted by Gasteiger charge is 2.47. The van der Waals surface area contributed by atoms with Crippen LogP contribution in [0.3, 0.4) is 0 Å². The second-order valence-corrected chi connectivity index (χ2v) is 12.8. The van der Waals surface area contributed by atoms with Crippen molar-refractivity contribution in [2.45, 2.75) is 107 Å². The molecule has 186 valence electrons. The van der Waals surface area contributed by atoms with Gasteiger partial charge >= 0.3 is 6.18 Å². The second kappa shape index (κ2) is 10.1. The normalized spacial score (nSPS) is 37.5. The zero-order chi connectivity index (χ0) is 22.9. The Balaban J connectivity index is 1.39. The van der Waals surface area contributed by atoms with Crippen molar-refractivity contribution in [3.05, 3.63) is 0 Å². The highest BCUT2D eigenvalue weighted by atomic mass is 32.2. The Morgan fingerprint density at radius 3 is 2.47 bits per heavy atom. The van der Waals surface area contributed by atoms with Gasteiger partial charge in [-0.2, -0.15) is 17.5 Å². The van der Waals surface area contributed by atoms with E-state index in [9.17, 15) is 21.6 Å². The van der Waals surface area contributed by atoms with E-state index >= 15 is 0 Å². The van der Waals surface area contributed by atoms with E-state index in [1.807, 2.05) is 6.92 Å². The van der Waals surface area contributed by atoms with Gasteiger partial charge in [0.05, 0.1) is 11.2 Å². The van der Waals surface area contributed by atoms with Crippen LogP contribution in [0.4, 0.5) is 13.2 Å². The molecule has 0 amide bonds. The summed E-state index contributed by atoms with van der Waals surface area (Å²) < 4.78 is 68.4. The third-order valence-electron chi connectivity index (χ3n) is 8.59. The summed E-state index contributed by atoms with van der Waals surface area (Å²) >= 11 is 0. The average Bonchev–Trinajstić information content (AvgIpc) is 3.17. The minimum Gasteiger partial charge on any atom is -0.255 e. The molecule has 3 aliphatic carbocycles. The summed E-state index contributed by atoms with van der Waals surface area (Å²) in [5.74, 6) is -0.317. The fourth-order valence-corrected chi connectivity index (χ4v) is 9.20. The summed E-state index contributed by atoms with van der Waals surface area (Å²) in [4.78, 5) is 0. The zero-order valence-corrected chi connectivity index (χ0v) is 20.1. The second-order valence-electron chi connectivity index (χ2n) is 10.6. The van der Waals surface area contributed by atoms with E-state index in [1.165, 1.54) is 25.7 Å². The number of alkyl halides is 3. The summed E-state index contributed by atoms with van der Waals surface area (Å²) in [6, 6.07) is 0.524. The molecule has 9 heteroatoms. The van der Waals surface area contributed by atoms with Crippen LogP contribution >= 0.6 is 0 Å². The molecule has 4 aliphatic rings. The number of sulfonamides is 1. The smallest absolute Gasteiger partial charge is 0.255 e. The number of halogens is 3. The average molecular weight is 480 g/mol. The summed E-state index contributed by atoms with van der Waals surface area (Å²) in [7, 11) is -3.73. The molecule has 1 N–H and O–H groups in total. The van der Waals surface area contributed by atoms with Gasteiger partial charge < -0.3 is 0 Å². The summed E-state index contributed by atoms with van der Waals surface area (Å²) in [5, 5.41) is 1.53. The molecule has 0 spiro atoms. The predicted molar refractivity (Wildman–Crippen MR) is 119 cm³/mol. The van der Waals surface area contributed by atoms with Crippen molar-refractivity contribution in [3.63, 3.8) is 0 Å². The number of hydrogen-bond acceptors (Lipinski definition) is 4.